The zero-order valence-electron chi connectivity index (χ0n) is 21.2. The van der Waals surface area contributed by atoms with Crippen LogP contribution in [0.3, 0.4) is 0 Å². The number of anilines is 2. The van der Waals surface area contributed by atoms with E-state index in [2.05, 4.69) is 169 Å². The highest BCUT2D eigenvalue weighted by Gasteiger charge is 2.12. The van der Waals surface area contributed by atoms with Crippen LogP contribution in [-0.4, -0.2) is 0 Å². The summed E-state index contributed by atoms with van der Waals surface area (Å²) in [6.07, 6.45) is 0. The van der Waals surface area contributed by atoms with E-state index in [1.165, 1.54) is 50.3 Å². The first-order valence-electron chi connectivity index (χ1n) is 13.1. The van der Waals surface area contributed by atoms with Gasteiger partial charge in [0, 0.05) is 17.9 Å². The largest absolute Gasteiger partial charge is 0.337 e. The fourth-order valence-electron chi connectivity index (χ4n) is 4.88. The normalized spacial score (nSPS) is 10.7. The number of nitrogens with zero attached hydrogens (tertiary/aromatic N) is 1. The van der Waals surface area contributed by atoms with Crippen molar-refractivity contribution in [1.29, 1.82) is 0 Å². The molecular weight excluding hydrogens is 458 g/mol. The van der Waals surface area contributed by atoms with Crippen LogP contribution in [0, 0.1) is 0 Å². The van der Waals surface area contributed by atoms with Crippen LogP contribution in [-0.2, 0) is 6.54 Å². The Hall–Kier alpha value is -4.88. The summed E-state index contributed by atoms with van der Waals surface area (Å²) in [5.74, 6) is 0. The second kappa shape index (κ2) is 11.0. The standard InChI is InChI=1S/C37H29N/c1-4-10-30(11-5-1)33-18-16-29(17-19-33)28-38(36-24-20-34(21-25-36)31-12-6-2-7-13-31)37-26-22-35(23-27-37)32-14-8-3-9-15-32/h1-27H,28H2. The Morgan fingerprint density at radius 1 is 0.289 bits per heavy atom. The molecule has 0 aliphatic heterocycles. The van der Waals surface area contributed by atoms with Crippen LogP contribution in [0.1, 0.15) is 5.56 Å². The van der Waals surface area contributed by atoms with Gasteiger partial charge >= 0.3 is 0 Å². The van der Waals surface area contributed by atoms with Crippen molar-refractivity contribution in [2.45, 2.75) is 6.54 Å². The average Bonchev–Trinajstić information content (AvgIpc) is 3.02. The lowest BCUT2D eigenvalue weighted by molar-refractivity contribution is 0.976. The maximum absolute atomic E-state index is 2.39. The molecule has 0 N–H and O–H groups in total. The molecular formula is C37H29N. The van der Waals surface area contributed by atoms with Crippen LogP contribution < -0.4 is 4.90 Å². The number of hydrogen-bond acceptors (Lipinski definition) is 1. The summed E-state index contributed by atoms with van der Waals surface area (Å²) in [7, 11) is 0. The van der Waals surface area contributed by atoms with Crippen molar-refractivity contribution in [3.8, 4) is 33.4 Å². The van der Waals surface area contributed by atoms with Gasteiger partial charge in [-0.2, -0.15) is 0 Å². The summed E-state index contributed by atoms with van der Waals surface area (Å²) < 4.78 is 0. The topological polar surface area (TPSA) is 3.24 Å². The molecule has 0 spiro atoms. The van der Waals surface area contributed by atoms with E-state index in [9.17, 15) is 0 Å². The van der Waals surface area contributed by atoms with Gasteiger partial charge in [0.2, 0.25) is 0 Å². The van der Waals surface area contributed by atoms with Gasteiger partial charge in [-0.1, -0.05) is 140 Å². The Morgan fingerprint density at radius 2 is 0.579 bits per heavy atom. The summed E-state index contributed by atoms with van der Waals surface area (Å²) >= 11 is 0. The van der Waals surface area contributed by atoms with Gasteiger partial charge in [0.25, 0.3) is 0 Å². The third-order valence-corrected chi connectivity index (χ3v) is 6.97. The molecule has 182 valence electrons. The van der Waals surface area contributed by atoms with Crippen molar-refractivity contribution in [2.75, 3.05) is 4.90 Å². The summed E-state index contributed by atoms with van der Waals surface area (Å²) in [5, 5.41) is 0. The summed E-state index contributed by atoms with van der Waals surface area (Å²) in [4.78, 5) is 2.39. The minimum absolute atomic E-state index is 0.782. The van der Waals surface area contributed by atoms with Gasteiger partial charge in [-0.3, -0.25) is 0 Å². The highest BCUT2D eigenvalue weighted by molar-refractivity contribution is 5.72. The molecule has 6 aromatic rings. The molecule has 1 nitrogen and oxygen atoms in total. The Labute approximate surface area is 225 Å². The fourth-order valence-corrected chi connectivity index (χ4v) is 4.88. The zero-order valence-corrected chi connectivity index (χ0v) is 21.2. The highest BCUT2D eigenvalue weighted by Crippen LogP contribution is 2.32. The molecule has 0 saturated carbocycles. The van der Waals surface area contributed by atoms with Crippen LogP contribution in [0.4, 0.5) is 11.4 Å². The average molecular weight is 488 g/mol. The second-order valence-electron chi connectivity index (χ2n) is 9.47. The van der Waals surface area contributed by atoms with Gasteiger partial charge in [-0.25, -0.2) is 0 Å². The van der Waals surface area contributed by atoms with E-state index in [1.54, 1.807) is 0 Å². The van der Waals surface area contributed by atoms with Crippen molar-refractivity contribution in [1.82, 2.24) is 0 Å². The Kier molecular flexibility index (Phi) is 6.82. The third-order valence-electron chi connectivity index (χ3n) is 6.97. The van der Waals surface area contributed by atoms with Crippen LogP contribution >= 0.6 is 0 Å². The van der Waals surface area contributed by atoms with Crippen LogP contribution in [0.5, 0.6) is 0 Å². The van der Waals surface area contributed by atoms with Crippen LogP contribution in [0.15, 0.2) is 164 Å². The molecule has 1 heteroatoms. The van der Waals surface area contributed by atoms with Gasteiger partial charge in [0.1, 0.15) is 0 Å². The highest BCUT2D eigenvalue weighted by atomic mass is 15.1. The smallest absolute Gasteiger partial charge is 0.0481 e. The minimum Gasteiger partial charge on any atom is -0.337 e. The molecule has 0 bridgehead atoms. The molecule has 0 saturated heterocycles. The molecule has 38 heavy (non-hydrogen) atoms. The lowest BCUT2D eigenvalue weighted by Gasteiger charge is -2.26. The molecule has 6 rings (SSSR count). The second-order valence-corrected chi connectivity index (χ2v) is 9.47. The van der Waals surface area contributed by atoms with E-state index in [-0.39, 0.29) is 0 Å². The molecule has 6 aromatic carbocycles. The van der Waals surface area contributed by atoms with Gasteiger partial charge < -0.3 is 4.90 Å². The maximum Gasteiger partial charge on any atom is 0.0481 e. The molecule has 0 atom stereocenters. The quantitative estimate of drug-likeness (QED) is 0.216. The van der Waals surface area contributed by atoms with E-state index in [4.69, 9.17) is 0 Å². The van der Waals surface area contributed by atoms with Crippen molar-refractivity contribution < 1.29 is 0 Å². The SMILES string of the molecule is c1ccc(-c2ccc(CN(c3ccc(-c4ccccc4)cc3)c3ccc(-c4ccccc4)cc3)cc2)cc1. The predicted octanol–water partition coefficient (Wildman–Crippen LogP) is 10.0. The van der Waals surface area contributed by atoms with E-state index in [0.29, 0.717) is 0 Å². The molecule has 0 unspecified atom stereocenters. The van der Waals surface area contributed by atoms with Crippen molar-refractivity contribution in [2.24, 2.45) is 0 Å². The monoisotopic (exact) mass is 487 g/mol. The van der Waals surface area contributed by atoms with Crippen LogP contribution in [0.25, 0.3) is 33.4 Å². The van der Waals surface area contributed by atoms with E-state index < -0.39 is 0 Å². The van der Waals surface area contributed by atoms with E-state index >= 15 is 0 Å². The van der Waals surface area contributed by atoms with Crippen molar-refractivity contribution in [3.05, 3.63) is 169 Å². The third kappa shape index (κ3) is 5.28. The lowest BCUT2D eigenvalue weighted by Crippen LogP contribution is -2.16. The number of benzene rings is 6. The fraction of sp³-hybridized carbons (Fsp3) is 0.0270. The molecule has 0 aromatic heterocycles. The summed E-state index contributed by atoms with van der Waals surface area (Å²) in [6.45, 7) is 0.782. The first-order valence-corrected chi connectivity index (χ1v) is 13.1. The Morgan fingerprint density at radius 3 is 0.921 bits per heavy atom. The molecule has 0 aliphatic rings. The number of hydrogen-bond donors (Lipinski definition) is 0. The predicted molar refractivity (Wildman–Crippen MR) is 161 cm³/mol. The maximum atomic E-state index is 2.39. The molecule has 0 amide bonds. The van der Waals surface area contributed by atoms with E-state index in [0.717, 1.165) is 6.54 Å². The van der Waals surface area contributed by atoms with Crippen LogP contribution in [0.2, 0.25) is 0 Å². The van der Waals surface area contributed by atoms with Gasteiger partial charge in [-0.05, 0) is 63.2 Å². The Bertz CT molecular complexity index is 1490. The first-order chi connectivity index (χ1) is 18.8. The van der Waals surface area contributed by atoms with E-state index in [1.807, 2.05) is 0 Å². The van der Waals surface area contributed by atoms with Crippen molar-refractivity contribution in [3.63, 3.8) is 0 Å². The summed E-state index contributed by atoms with van der Waals surface area (Å²) in [5.41, 5.74) is 11.0. The molecule has 0 heterocycles. The molecule has 0 aliphatic carbocycles. The first kappa shape index (κ1) is 23.5. The van der Waals surface area contributed by atoms with Gasteiger partial charge in [0.05, 0.1) is 0 Å². The number of rotatable bonds is 7. The molecule has 0 radical (unpaired) electrons. The molecule has 0 fully saturated rings. The summed E-state index contributed by atoms with van der Waals surface area (Å²) in [6, 6.07) is 58.3. The lowest BCUT2D eigenvalue weighted by atomic mass is 10.0. The van der Waals surface area contributed by atoms with Gasteiger partial charge in [0.15, 0.2) is 0 Å². The minimum atomic E-state index is 0.782. The van der Waals surface area contributed by atoms with Crippen molar-refractivity contribution >= 4 is 11.4 Å². The van der Waals surface area contributed by atoms with Gasteiger partial charge in [-0.15, -0.1) is 0 Å². The Balaban J connectivity index is 1.32. The zero-order chi connectivity index (χ0) is 25.6.